The van der Waals surface area contributed by atoms with Crippen molar-refractivity contribution < 1.29 is 34.0 Å². The molecule has 166 valence electrons. The number of ketones is 1. The number of hydrogen-bond acceptors (Lipinski definition) is 6. The molecule has 1 unspecified atom stereocenters. The molecule has 3 aromatic rings. The van der Waals surface area contributed by atoms with E-state index in [-0.39, 0.29) is 25.4 Å². The minimum Gasteiger partial charge on any atom is -0.486 e. The van der Waals surface area contributed by atoms with Gasteiger partial charge >= 0.3 is 5.97 Å². The normalized spacial score (nSPS) is 11.4. The van der Waals surface area contributed by atoms with Crippen molar-refractivity contribution in [1.82, 2.24) is 0 Å². The second-order valence-electron chi connectivity index (χ2n) is 7.04. The Morgan fingerprint density at radius 1 is 0.719 bits per heavy atom. The first-order chi connectivity index (χ1) is 15.5. The van der Waals surface area contributed by atoms with Crippen LogP contribution in [0.2, 0.25) is 0 Å². The molecule has 0 radical (unpaired) electrons. The van der Waals surface area contributed by atoms with Crippen LogP contribution in [0.4, 0.5) is 0 Å². The van der Waals surface area contributed by atoms with Gasteiger partial charge in [0, 0.05) is 0 Å². The van der Waals surface area contributed by atoms with E-state index in [1.165, 1.54) is 0 Å². The van der Waals surface area contributed by atoms with E-state index in [9.17, 15) is 14.7 Å². The number of carboxylic acids is 1. The summed E-state index contributed by atoms with van der Waals surface area (Å²) in [6.07, 6.45) is -0.823. The number of Topliss-reactive ketones (excluding diaryl/α,β-unsaturated/α-hetero) is 1. The Morgan fingerprint density at radius 3 is 1.78 bits per heavy atom. The van der Waals surface area contributed by atoms with Crippen LogP contribution in [0, 0.1) is 0 Å². The number of aliphatic carboxylic acids is 1. The number of benzene rings is 3. The molecule has 7 nitrogen and oxygen atoms in total. The fourth-order valence-electron chi connectivity index (χ4n) is 2.78. The average molecular weight is 436 g/mol. The van der Waals surface area contributed by atoms with Crippen molar-refractivity contribution >= 4 is 11.8 Å². The summed E-state index contributed by atoms with van der Waals surface area (Å²) in [6, 6.07) is 23.3. The number of aliphatic hydroxyl groups excluding tert-OH is 1. The summed E-state index contributed by atoms with van der Waals surface area (Å²) in [5.41, 5.74) is 0.868. The number of rotatable bonds is 12. The van der Waals surface area contributed by atoms with Gasteiger partial charge in [-0.3, -0.25) is 4.79 Å². The molecule has 0 aliphatic heterocycles. The molecule has 0 aromatic heterocycles. The number of carboxylic acid groups (broad SMARTS) is 1. The van der Waals surface area contributed by atoms with Gasteiger partial charge in [-0.15, -0.1) is 0 Å². The Bertz CT molecular complexity index is 999. The van der Waals surface area contributed by atoms with Crippen LogP contribution in [0.15, 0.2) is 78.9 Å². The SMILES string of the molecule is O=C(COc1ccc(CCC(O)C(=O)O)cc1)COc1ccc(Oc2ccccc2)cc1. The summed E-state index contributed by atoms with van der Waals surface area (Å²) in [5, 5.41) is 18.0. The Hall–Kier alpha value is -3.84. The van der Waals surface area contributed by atoms with Gasteiger partial charge < -0.3 is 24.4 Å². The second-order valence-corrected chi connectivity index (χ2v) is 7.04. The summed E-state index contributed by atoms with van der Waals surface area (Å²) in [6.45, 7) is -0.254. The molecule has 0 amide bonds. The number of aryl methyl sites for hydroxylation is 1. The predicted octanol–water partition coefficient (Wildman–Crippen LogP) is 3.88. The van der Waals surface area contributed by atoms with Gasteiger partial charge in [0.05, 0.1) is 0 Å². The Labute approximate surface area is 185 Å². The van der Waals surface area contributed by atoms with E-state index in [2.05, 4.69) is 0 Å². The lowest BCUT2D eigenvalue weighted by Crippen LogP contribution is -2.20. The Balaban J connectivity index is 1.38. The molecule has 3 rings (SSSR count). The highest BCUT2D eigenvalue weighted by Gasteiger charge is 2.12. The number of para-hydroxylation sites is 1. The zero-order valence-corrected chi connectivity index (χ0v) is 17.3. The van der Waals surface area contributed by atoms with Gasteiger partial charge in [0.1, 0.15) is 36.2 Å². The van der Waals surface area contributed by atoms with Crippen molar-refractivity contribution in [2.24, 2.45) is 0 Å². The molecule has 0 saturated carbocycles. The van der Waals surface area contributed by atoms with Crippen LogP contribution in [-0.2, 0) is 16.0 Å². The monoisotopic (exact) mass is 436 g/mol. The maximum absolute atomic E-state index is 12.0. The quantitative estimate of drug-likeness (QED) is 0.444. The number of ether oxygens (including phenoxy) is 3. The Morgan fingerprint density at radius 2 is 1.22 bits per heavy atom. The average Bonchev–Trinajstić information content (AvgIpc) is 2.82. The minimum atomic E-state index is -1.38. The van der Waals surface area contributed by atoms with E-state index in [0.717, 1.165) is 11.3 Å². The first kappa shape index (κ1) is 22.8. The van der Waals surface area contributed by atoms with Gasteiger partial charge in [0.15, 0.2) is 6.10 Å². The third-order valence-electron chi connectivity index (χ3n) is 4.52. The van der Waals surface area contributed by atoms with Crippen LogP contribution in [0.3, 0.4) is 0 Å². The molecule has 32 heavy (non-hydrogen) atoms. The van der Waals surface area contributed by atoms with Gasteiger partial charge in [-0.1, -0.05) is 30.3 Å². The summed E-state index contributed by atoms with van der Waals surface area (Å²) >= 11 is 0. The van der Waals surface area contributed by atoms with Gasteiger partial charge in [-0.2, -0.15) is 0 Å². The van der Waals surface area contributed by atoms with E-state index in [1.54, 1.807) is 48.5 Å². The lowest BCUT2D eigenvalue weighted by molar-refractivity contribution is -0.146. The number of hydrogen-bond donors (Lipinski definition) is 2. The number of carbonyl (C=O) groups is 2. The highest BCUT2D eigenvalue weighted by atomic mass is 16.5. The van der Waals surface area contributed by atoms with Crippen molar-refractivity contribution in [2.45, 2.75) is 18.9 Å². The summed E-state index contributed by atoms with van der Waals surface area (Å²) in [7, 11) is 0. The Kier molecular flexibility index (Phi) is 8.22. The van der Waals surface area contributed by atoms with Crippen LogP contribution >= 0.6 is 0 Å². The topological polar surface area (TPSA) is 102 Å². The lowest BCUT2D eigenvalue weighted by Gasteiger charge is -2.09. The third kappa shape index (κ3) is 7.45. The van der Waals surface area contributed by atoms with Crippen molar-refractivity contribution in [2.75, 3.05) is 13.2 Å². The standard InChI is InChI=1S/C25H24O7/c26-19(16-30-20-9-6-18(7-10-20)8-15-24(27)25(28)29)17-31-21-11-13-23(14-12-21)32-22-4-2-1-3-5-22/h1-7,9-14,24,27H,8,15-17H2,(H,28,29). The fourth-order valence-corrected chi connectivity index (χ4v) is 2.78. The predicted molar refractivity (Wildman–Crippen MR) is 117 cm³/mol. The zero-order valence-electron chi connectivity index (χ0n) is 17.3. The molecule has 0 bridgehead atoms. The van der Waals surface area contributed by atoms with Crippen LogP contribution < -0.4 is 14.2 Å². The first-order valence-electron chi connectivity index (χ1n) is 10.1. The van der Waals surface area contributed by atoms with Crippen LogP contribution in [-0.4, -0.2) is 41.3 Å². The van der Waals surface area contributed by atoms with E-state index in [1.807, 2.05) is 30.3 Å². The molecule has 7 heteroatoms. The van der Waals surface area contributed by atoms with E-state index >= 15 is 0 Å². The smallest absolute Gasteiger partial charge is 0.332 e. The van der Waals surface area contributed by atoms with E-state index in [4.69, 9.17) is 19.3 Å². The molecule has 1 atom stereocenters. The molecule has 0 heterocycles. The molecule has 0 aliphatic rings. The van der Waals surface area contributed by atoms with Crippen LogP contribution in [0.25, 0.3) is 0 Å². The van der Waals surface area contributed by atoms with Gasteiger partial charge in [-0.05, 0) is 66.9 Å². The molecule has 3 aromatic carbocycles. The van der Waals surface area contributed by atoms with Gasteiger partial charge in [0.2, 0.25) is 5.78 Å². The fraction of sp³-hybridized carbons (Fsp3) is 0.200. The lowest BCUT2D eigenvalue weighted by atomic mass is 10.1. The second kappa shape index (κ2) is 11.5. The van der Waals surface area contributed by atoms with Crippen LogP contribution in [0.1, 0.15) is 12.0 Å². The number of carbonyl (C=O) groups excluding carboxylic acids is 1. The zero-order chi connectivity index (χ0) is 22.8. The largest absolute Gasteiger partial charge is 0.486 e. The van der Waals surface area contributed by atoms with E-state index in [0.29, 0.717) is 23.7 Å². The van der Waals surface area contributed by atoms with Gasteiger partial charge in [0.25, 0.3) is 0 Å². The highest BCUT2D eigenvalue weighted by molar-refractivity contribution is 5.81. The third-order valence-corrected chi connectivity index (χ3v) is 4.52. The van der Waals surface area contributed by atoms with E-state index < -0.39 is 12.1 Å². The molecule has 0 saturated heterocycles. The first-order valence-corrected chi connectivity index (χ1v) is 10.1. The van der Waals surface area contributed by atoms with Crippen molar-refractivity contribution in [1.29, 1.82) is 0 Å². The van der Waals surface area contributed by atoms with Crippen molar-refractivity contribution in [3.8, 4) is 23.0 Å². The molecular formula is C25H24O7. The maximum atomic E-state index is 12.0. The maximum Gasteiger partial charge on any atom is 0.332 e. The molecule has 0 spiro atoms. The van der Waals surface area contributed by atoms with Crippen LogP contribution in [0.5, 0.6) is 23.0 Å². The molecule has 0 fully saturated rings. The molecule has 0 aliphatic carbocycles. The molecule has 2 N–H and O–H groups in total. The van der Waals surface area contributed by atoms with Crippen molar-refractivity contribution in [3.63, 3.8) is 0 Å². The van der Waals surface area contributed by atoms with Gasteiger partial charge in [-0.25, -0.2) is 4.79 Å². The highest BCUT2D eigenvalue weighted by Crippen LogP contribution is 2.23. The van der Waals surface area contributed by atoms with Crippen molar-refractivity contribution in [3.05, 3.63) is 84.4 Å². The minimum absolute atomic E-state index is 0.121. The number of aliphatic hydroxyl groups is 1. The summed E-state index contributed by atoms with van der Waals surface area (Å²) in [5.74, 6) is 1.01. The summed E-state index contributed by atoms with van der Waals surface area (Å²) in [4.78, 5) is 22.7. The summed E-state index contributed by atoms with van der Waals surface area (Å²) < 4.78 is 16.7. The molecular weight excluding hydrogens is 412 g/mol.